The maximum Gasteiger partial charge on any atom is 0.0458 e. The van der Waals surface area contributed by atoms with E-state index in [0.717, 1.165) is 11.4 Å². The fourth-order valence-electron chi connectivity index (χ4n) is 1.31. The summed E-state index contributed by atoms with van der Waals surface area (Å²) in [6.07, 6.45) is 2.58. The maximum atomic E-state index is 5.68. The van der Waals surface area contributed by atoms with Gasteiger partial charge in [0.05, 0.1) is 0 Å². The highest BCUT2D eigenvalue weighted by Gasteiger charge is 2.24. The van der Waals surface area contributed by atoms with Crippen LogP contribution in [0, 0.1) is 6.92 Å². The molecule has 2 N–H and O–H groups in total. The second-order valence-corrected chi connectivity index (χ2v) is 3.24. The molecule has 0 atom stereocenters. The summed E-state index contributed by atoms with van der Waals surface area (Å²) in [5.41, 5.74) is 8.75. The molecule has 1 aliphatic carbocycles. The number of rotatable bonds is 1. The van der Waals surface area contributed by atoms with Crippen molar-refractivity contribution in [1.82, 2.24) is 4.98 Å². The van der Waals surface area contributed by atoms with Crippen molar-refractivity contribution in [1.29, 1.82) is 0 Å². The first-order valence-corrected chi connectivity index (χ1v) is 4.00. The lowest BCUT2D eigenvalue weighted by Crippen LogP contribution is -1.93. The standard InChI is InChI=1S/C9H12N2/c1-6-4-8(10)5-9(11-6)7-2-3-7/h4-5,7H,2-3H2,1H3,(H2,10,11). The van der Waals surface area contributed by atoms with E-state index in [1.54, 1.807) is 0 Å². The number of pyridine rings is 1. The van der Waals surface area contributed by atoms with Gasteiger partial charge in [-0.15, -0.1) is 0 Å². The highest BCUT2D eigenvalue weighted by molar-refractivity contribution is 5.41. The van der Waals surface area contributed by atoms with Crippen molar-refractivity contribution in [2.24, 2.45) is 0 Å². The number of nitrogens with zero attached hydrogens (tertiary/aromatic N) is 1. The second-order valence-electron chi connectivity index (χ2n) is 3.24. The minimum Gasteiger partial charge on any atom is -0.399 e. The van der Waals surface area contributed by atoms with Gasteiger partial charge in [-0.2, -0.15) is 0 Å². The van der Waals surface area contributed by atoms with Gasteiger partial charge in [-0.1, -0.05) is 0 Å². The van der Waals surface area contributed by atoms with E-state index in [1.807, 2.05) is 19.1 Å². The summed E-state index contributed by atoms with van der Waals surface area (Å²) in [5.74, 6) is 0.706. The number of anilines is 1. The van der Waals surface area contributed by atoms with E-state index < -0.39 is 0 Å². The van der Waals surface area contributed by atoms with Gasteiger partial charge >= 0.3 is 0 Å². The van der Waals surface area contributed by atoms with Gasteiger partial charge in [0.2, 0.25) is 0 Å². The van der Waals surface area contributed by atoms with Crippen LogP contribution in [0.15, 0.2) is 12.1 Å². The predicted molar refractivity (Wildman–Crippen MR) is 45.4 cm³/mol. The van der Waals surface area contributed by atoms with E-state index in [-0.39, 0.29) is 0 Å². The van der Waals surface area contributed by atoms with Gasteiger partial charge in [-0.3, -0.25) is 4.98 Å². The zero-order valence-electron chi connectivity index (χ0n) is 6.67. The van der Waals surface area contributed by atoms with Crippen molar-refractivity contribution in [3.05, 3.63) is 23.5 Å². The van der Waals surface area contributed by atoms with Crippen molar-refractivity contribution < 1.29 is 0 Å². The van der Waals surface area contributed by atoms with E-state index >= 15 is 0 Å². The number of nitrogen functional groups attached to an aromatic ring is 1. The second kappa shape index (κ2) is 2.22. The molecule has 2 heteroatoms. The molecule has 11 heavy (non-hydrogen) atoms. The SMILES string of the molecule is Cc1cc(N)cc(C2CC2)n1. The largest absolute Gasteiger partial charge is 0.399 e. The molecule has 0 radical (unpaired) electrons. The molecular formula is C9H12N2. The minimum absolute atomic E-state index is 0.706. The Morgan fingerprint density at radius 3 is 2.73 bits per heavy atom. The Morgan fingerprint density at radius 1 is 1.45 bits per heavy atom. The van der Waals surface area contributed by atoms with Crippen molar-refractivity contribution in [3.8, 4) is 0 Å². The number of hydrogen-bond acceptors (Lipinski definition) is 2. The fraction of sp³-hybridized carbons (Fsp3) is 0.444. The maximum absolute atomic E-state index is 5.68. The van der Waals surface area contributed by atoms with Crippen LogP contribution in [0.5, 0.6) is 0 Å². The first-order chi connectivity index (χ1) is 5.25. The molecule has 1 saturated carbocycles. The van der Waals surface area contributed by atoms with Crippen LogP contribution in [0.25, 0.3) is 0 Å². The van der Waals surface area contributed by atoms with Crippen LogP contribution < -0.4 is 5.73 Å². The van der Waals surface area contributed by atoms with Crippen LogP contribution in [0.4, 0.5) is 5.69 Å². The third-order valence-corrected chi connectivity index (χ3v) is 1.99. The zero-order chi connectivity index (χ0) is 7.84. The Bertz CT molecular complexity index is 257. The van der Waals surface area contributed by atoms with Gasteiger partial charge in [0, 0.05) is 23.0 Å². The molecule has 1 fully saturated rings. The molecule has 0 aliphatic heterocycles. The molecule has 0 spiro atoms. The van der Waals surface area contributed by atoms with Gasteiger partial charge in [0.1, 0.15) is 0 Å². The highest BCUT2D eigenvalue weighted by Crippen LogP contribution is 2.39. The molecule has 2 rings (SSSR count). The third kappa shape index (κ3) is 1.34. The quantitative estimate of drug-likeness (QED) is 0.660. The Kier molecular flexibility index (Phi) is 1.34. The first kappa shape index (κ1) is 6.65. The van der Waals surface area contributed by atoms with E-state index in [2.05, 4.69) is 4.98 Å². The first-order valence-electron chi connectivity index (χ1n) is 4.00. The predicted octanol–water partition coefficient (Wildman–Crippen LogP) is 1.85. The lowest BCUT2D eigenvalue weighted by atomic mass is 10.2. The minimum atomic E-state index is 0.706. The molecule has 0 saturated heterocycles. The van der Waals surface area contributed by atoms with Crippen LogP contribution in [-0.2, 0) is 0 Å². The lowest BCUT2D eigenvalue weighted by molar-refractivity contribution is 0.997. The number of nitrogens with two attached hydrogens (primary N) is 1. The van der Waals surface area contributed by atoms with Crippen LogP contribution >= 0.6 is 0 Å². The highest BCUT2D eigenvalue weighted by atomic mass is 14.7. The molecule has 0 bridgehead atoms. The van der Waals surface area contributed by atoms with E-state index in [9.17, 15) is 0 Å². The van der Waals surface area contributed by atoms with Gasteiger partial charge in [-0.05, 0) is 31.9 Å². The molecular weight excluding hydrogens is 136 g/mol. The molecule has 1 aromatic heterocycles. The molecule has 2 nitrogen and oxygen atoms in total. The summed E-state index contributed by atoms with van der Waals surface area (Å²) in [4.78, 5) is 4.42. The van der Waals surface area contributed by atoms with E-state index in [1.165, 1.54) is 18.5 Å². The van der Waals surface area contributed by atoms with Gasteiger partial charge in [0.25, 0.3) is 0 Å². The molecule has 1 aliphatic rings. The van der Waals surface area contributed by atoms with Crippen LogP contribution in [0.1, 0.15) is 30.1 Å². The van der Waals surface area contributed by atoms with Gasteiger partial charge < -0.3 is 5.73 Å². The molecule has 0 aromatic carbocycles. The molecule has 1 aromatic rings. The van der Waals surface area contributed by atoms with Gasteiger partial charge in [0.15, 0.2) is 0 Å². The van der Waals surface area contributed by atoms with Crippen LogP contribution in [0.3, 0.4) is 0 Å². The van der Waals surface area contributed by atoms with Gasteiger partial charge in [-0.25, -0.2) is 0 Å². The van der Waals surface area contributed by atoms with Crippen molar-refractivity contribution in [2.75, 3.05) is 5.73 Å². The van der Waals surface area contributed by atoms with Crippen molar-refractivity contribution in [3.63, 3.8) is 0 Å². The van der Waals surface area contributed by atoms with E-state index in [0.29, 0.717) is 5.92 Å². The number of aromatic nitrogens is 1. The number of hydrogen-bond donors (Lipinski definition) is 1. The summed E-state index contributed by atoms with van der Waals surface area (Å²) < 4.78 is 0. The topological polar surface area (TPSA) is 38.9 Å². The summed E-state index contributed by atoms with van der Waals surface area (Å²) in [7, 11) is 0. The zero-order valence-corrected chi connectivity index (χ0v) is 6.67. The smallest absolute Gasteiger partial charge is 0.0458 e. The monoisotopic (exact) mass is 148 g/mol. The third-order valence-electron chi connectivity index (χ3n) is 1.99. The van der Waals surface area contributed by atoms with Crippen LogP contribution in [0.2, 0.25) is 0 Å². The van der Waals surface area contributed by atoms with E-state index in [4.69, 9.17) is 5.73 Å². The summed E-state index contributed by atoms with van der Waals surface area (Å²) >= 11 is 0. The molecule has 58 valence electrons. The molecule has 1 heterocycles. The Balaban J connectivity index is 2.39. The normalized spacial score (nSPS) is 16.8. The summed E-state index contributed by atoms with van der Waals surface area (Å²) in [6, 6.07) is 3.90. The summed E-state index contributed by atoms with van der Waals surface area (Å²) in [5, 5.41) is 0. The van der Waals surface area contributed by atoms with Crippen molar-refractivity contribution in [2.45, 2.75) is 25.7 Å². The Labute approximate surface area is 66.4 Å². The van der Waals surface area contributed by atoms with Crippen molar-refractivity contribution >= 4 is 5.69 Å². The summed E-state index contributed by atoms with van der Waals surface area (Å²) in [6.45, 7) is 1.99. The average molecular weight is 148 g/mol. The molecule has 0 amide bonds. The van der Waals surface area contributed by atoms with Crippen LogP contribution in [-0.4, -0.2) is 4.98 Å². The number of aryl methyl sites for hydroxylation is 1. The Hall–Kier alpha value is -1.05. The molecule has 0 unspecified atom stereocenters. The fourth-order valence-corrected chi connectivity index (χ4v) is 1.31. The lowest BCUT2D eigenvalue weighted by Gasteiger charge is -2.00. The Morgan fingerprint density at radius 2 is 2.18 bits per heavy atom. The average Bonchev–Trinajstić information content (AvgIpc) is 2.64.